The number of carbonyl (C=O) groups excluding carboxylic acids is 1. The average Bonchev–Trinajstić information content (AvgIpc) is 2.41. The molecule has 0 saturated carbocycles. The van der Waals surface area contributed by atoms with E-state index in [0.717, 1.165) is 5.69 Å². The van der Waals surface area contributed by atoms with Crippen LogP contribution in [-0.2, 0) is 0 Å². The van der Waals surface area contributed by atoms with Gasteiger partial charge in [-0.25, -0.2) is 9.97 Å². The van der Waals surface area contributed by atoms with Gasteiger partial charge < -0.3 is 10.2 Å². The summed E-state index contributed by atoms with van der Waals surface area (Å²) < 4.78 is 0.626. The molecule has 1 heterocycles. The highest BCUT2D eigenvalue weighted by molar-refractivity contribution is 9.10. The van der Waals surface area contributed by atoms with Crippen LogP contribution in [0.2, 0.25) is 0 Å². The highest BCUT2D eigenvalue weighted by atomic mass is 79.9. The van der Waals surface area contributed by atoms with E-state index in [1.807, 2.05) is 31.1 Å². The second-order valence-electron chi connectivity index (χ2n) is 4.12. The predicted octanol–water partition coefficient (Wildman–Crippen LogP) is 2.56. The van der Waals surface area contributed by atoms with Crippen molar-refractivity contribution in [2.24, 2.45) is 0 Å². The fourth-order valence-corrected chi connectivity index (χ4v) is 1.68. The number of hydrogen-bond acceptors (Lipinski definition) is 4. The van der Waals surface area contributed by atoms with Gasteiger partial charge in [-0.2, -0.15) is 0 Å². The monoisotopic (exact) mass is 320 g/mol. The smallest absolute Gasteiger partial charge is 0.256 e. The van der Waals surface area contributed by atoms with Crippen LogP contribution in [0.3, 0.4) is 0 Å². The van der Waals surface area contributed by atoms with E-state index in [4.69, 9.17) is 0 Å². The predicted molar refractivity (Wildman–Crippen MR) is 78.5 cm³/mol. The molecule has 0 radical (unpaired) electrons. The molecule has 0 fully saturated rings. The first-order chi connectivity index (χ1) is 9.06. The highest BCUT2D eigenvalue weighted by Gasteiger charge is 2.07. The molecule has 1 aromatic heterocycles. The average molecular weight is 321 g/mol. The Morgan fingerprint density at radius 3 is 2.37 bits per heavy atom. The summed E-state index contributed by atoms with van der Waals surface area (Å²) in [6.07, 6.45) is 3.03. The van der Waals surface area contributed by atoms with Gasteiger partial charge in [-0.05, 0) is 40.2 Å². The van der Waals surface area contributed by atoms with Crippen LogP contribution in [-0.4, -0.2) is 30.0 Å². The van der Waals surface area contributed by atoms with Crippen molar-refractivity contribution in [2.45, 2.75) is 0 Å². The third-order valence-electron chi connectivity index (χ3n) is 2.51. The Kier molecular flexibility index (Phi) is 4.11. The molecule has 1 aromatic carbocycles. The van der Waals surface area contributed by atoms with Crippen molar-refractivity contribution >= 4 is 33.3 Å². The van der Waals surface area contributed by atoms with Gasteiger partial charge in [0.25, 0.3) is 5.91 Å². The van der Waals surface area contributed by atoms with Gasteiger partial charge in [0.05, 0.1) is 12.4 Å². The number of aromatic nitrogens is 2. The second-order valence-corrected chi connectivity index (χ2v) is 4.93. The Morgan fingerprint density at radius 1 is 1.16 bits per heavy atom. The first kappa shape index (κ1) is 13.5. The van der Waals surface area contributed by atoms with Crippen LogP contribution in [0.4, 0.5) is 11.5 Å². The van der Waals surface area contributed by atoms with Gasteiger partial charge in [-0.3, -0.25) is 4.79 Å². The molecule has 98 valence electrons. The normalized spacial score (nSPS) is 10.1. The van der Waals surface area contributed by atoms with Crippen molar-refractivity contribution in [3.8, 4) is 0 Å². The summed E-state index contributed by atoms with van der Waals surface area (Å²) in [4.78, 5) is 22.0. The Balaban J connectivity index is 2.09. The second kappa shape index (κ2) is 5.79. The lowest BCUT2D eigenvalue weighted by Crippen LogP contribution is -2.14. The van der Waals surface area contributed by atoms with Crippen molar-refractivity contribution in [3.05, 3.63) is 46.8 Å². The zero-order valence-corrected chi connectivity index (χ0v) is 12.2. The molecule has 19 heavy (non-hydrogen) atoms. The summed E-state index contributed by atoms with van der Waals surface area (Å²) in [6, 6.07) is 7.33. The van der Waals surface area contributed by atoms with Gasteiger partial charge in [0.1, 0.15) is 4.60 Å². The van der Waals surface area contributed by atoms with Crippen LogP contribution in [0.25, 0.3) is 0 Å². The van der Waals surface area contributed by atoms with E-state index in [0.29, 0.717) is 16.0 Å². The molecule has 0 spiro atoms. The number of nitrogens with zero attached hydrogens (tertiary/aromatic N) is 3. The van der Waals surface area contributed by atoms with Crippen LogP contribution in [0, 0.1) is 0 Å². The topological polar surface area (TPSA) is 58.1 Å². The molecule has 0 bridgehead atoms. The summed E-state index contributed by atoms with van der Waals surface area (Å²) >= 11 is 3.19. The fourth-order valence-electron chi connectivity index (χ4n) is 1.48. The minimum Gasteiger partial charge on any atom is -0.378 e. The number of halogens is 1. The maximum Gasteiger partial charge on any atom is 0.256 e. The Morgan fingerprint density at radius 2 is 1.84 bits per heavy atom. The van der Waals surface area contributed by atoms with Gasteiger partial charge in [0.15, 0.2) is 5.82 Å². The van der Waals surface area contributed by atoms with Gasteiger partial charge in [-0.15, -0.1) is 0 Å². The molecule has 0 unspecified atom stereocenters. The van der Waals surface area contributed by atoms with Crippen LogP contribution in [0.5, 0.6) is 0 Å². The Labute approximate surface area is 119 Å². The summed E-state index contributed by atoms with van der Waals surface area (Å²) in [5, 5.41) is 2.69. The maximum atomic E-state index is 12.0. The third kappa shape index (κ3) is 3.51. The summed E-state index contributed by atoms with van der Waals surface area (Å²) in [5.74, 6) is 0.215. The van der Waals surface area contributed by atoms with Crippen LogP contribution in [0.15, 0.2) is 41.3 Å². The van der Waals surface area contributed by atoms with Crippen molar-refractivity contribution in [1.29, 1.82) is 0 Å². The zero-order valence-electron chi connectivity index (χ0n) is 10.6. The van der Waals surface area contributed by atoms with Crippen LogP contribution in [0.1, 0.15) is 10.4 Å². The molecule has 0 aliphatic heterocycles. The van der Waals surface area contributed by atoms with Gasteiger partial charge in [0.2, 0.25) is 0 Å². The van der Waals surface area contributed by atoms with E-state index in [2.05, 4.69) is 31.2 Å². The minimum atomic E-state index is -0.207. The first-order valence-electron chi connectivity index (χ1n) is 5.62. The van der Waals surface area contributed by atoms with Gasteiger partial charge in [-0.1, -0.05) is 0 Å². The Bertz CT molecular complexity index is 566. The number of anilines is 2. The largest absolute Gasteiger partial charge is 0.378 e. The van der Waals surface area contributed by atoms with Crippen molar-refractivity contribution < 1.29 is 4.79 Å². The molecular formula is C13H13BrN4O. The van der Waals surface area contributed by atoms with Gasteiger partial charge >= 0.3 is 0 Å². The highest BCUT2D eigenvalue weighted by Crippen LogP contribution is 2.13. The fraction of sp³-hybridized carbons (Fsp3) is 0.154. The molecule has 5 nitrogen and oxygen atoms in total. The molecule has 6 heteroatoms. The summed E-state index contributed by atoms with van der Waals surface area (Å²) in [5.41, 5.74) is 1.62. The van der Waals surface area contributed by atoms with Crippen LogP contribution < -0.4 is 10.2 Å². The molecule has 1 amide bonds. The molecule has 0 saturated heterocycles. The van der Waals surface area contributed by atoms with Crippen molar-refractivity contribution in [1.82, 2.24) is 9.97 Å². The number of hydrogen-bond donors (Lipinski definition) is 1. The molecule has 0 aliphatic rings. The summed E-state index contributed by atoms with van der Waals surface area (Å²) in [7, 11) is 3.90. The standard InChI is InChI=1S/C13H13BrN4O/c1-18(2)10-5-3-9(4-6-10)13(19)17-12-8-15-11(14)7-16-12/h3-8H,1-2H3,(H,16,17,19). The number of amides is 1. The molecular weight excluding hydrogens is 308 g/mol. The molecule has 2 rings (SSSR count). The van der Waals surface area contributed by atoms with Crippen molar-refractivity contribution in [3.63, 3.8) is 0 Å². The molecule has 2 aromatic rings. The third-order valence-corrected chi connectivity index (χ3v) is 2.92. The lowest BCUT2D eigenvalue weighted by molar-refractivity contribution is 0.102. The lowest BCUT2D eigenvalue weighted by Gasteiger charge is -2.12. The van der Waals surface area contributed by atoms with Crippen molar-refractivity contribution in [2.75, 3.05) is 24.3 Å². The van der Waals surface area contributed by atoms with Crippen LogP contribution >= 0.6 is 15.9 Å². The first-order valence-corrected chi connectivity index (χ1v) is 6.42. The quantitative estimate of drug-likeness (QED) is 0.944. The van der Waals surface area contributed by atoms with E-state index in [9.17, 15) is 4.79 Å². The molecule has 0 aliphatic carbocycles. The van der Waals surface area contributed by atoms with E-state index in [1.165, 1.54) is 12.4 Å². The number of benzene rings is 1. The number of carbonyl (C=O) groups is 1. The minimum absolute atomic E-state index is 0.207. The lowest BCUT2D eigenvalue weighted by atomic mass is 10.2. The SMILES string of the molecule is CN(C)c1ccc(C(=O)Nc2cnc(Br)cn2)cc1. The summed E-state index contributed by atoms with van der Waals surface area (Å²) in [6.45, 7) is 0. The number of nitrogens with one attached hydrogen (secondary N) is 1. The molecule has 0 atom stereocenters. The molecule has 1 N–H and O–H groups in total. The number of rotatable bonds is 3. The van der Waals surface area contributed by atoms with Gasteiger partial charge in [0, 0.05) is 25.3 Å². The van der Waals surface area contributed by atoms with E-state index in [1.54, 1.807) is 12.1 Å². The van der Waals surface area contributed by atoms with E-state index < -0.39 is 0 Å². The van der Waals surface area contributed by atoms with E-state index in [-0.39, 0.29) is 5.91 Å². The Hall–Kier alpha value is -1.95. The maximum absolute atomic E-state index is 12.0. The van der Waals surface area contributed by atoms with E-state index >= 15 is 0 Å². The zero-order chi connectivity index (χ0) is 13.8.